The first-order valence-electron chi connectivity index (χ1n) is 7.78. The summed E-state index contributed by atoms with van der Waals surface area (Å²) in [6, 6.07) is -1.03. The number of hydrogen-bond donors (Lipinski definition) is 4. The maximum absolute atomic E-state index is 11.7. The van der Waals surface area contributed by atoms with Gasteiger partial charge in [0.1, 0.15) is 30.0 Å². The van der Waals surface area contributed by atoms with Crippen molar-refractivity contribution in [3.05, 3.63) is 0 Å². The smallest absolute Gasteiger partial charge is 0.308 e. The quantitative estimate of drug-likeness (QED) is 0.434. The van der Waals surface area contributed by atoms with Crippen molar-refractivity contribution in [2.45, 2.75) is 70.4 Å². The summed E-state index contributed by atoms with van der Waals surface area (Å²) in [6.45, 7) is 5.85. The molecular formula is C15H27NO8. The van der Waals surface area contributed by atoms with Gasteiger partial charge in [-0.25, -0.2) is 0 Å². The Kier molecular flexibility index (Phi) is 7.56. The maximum Gasteiger partial charge on any atom is 0.308 e. The minimum Gasteiger partial charge on any atom is -0.460 e. The molecule has 0 spiro atoms. The Hall–Kier alpha value is -1.26. The van der Waals surface area contributed by atoms with Gasteiger partial charge in [0.15, 0.2) is 6.29 Å². The number of aliphatic hydroxyl groups excluding tert-OH is 3. The van der Waals surface area contributed by atoms with Crippen molar-refractivity contribution in [2.75, 3.05) is 13.2 Å². The van der Waals surface area contributed by atoms with E-state index in [0.717, 1.165) is 0 Å². The zero-order chi connectivity index (χ0) is 18.5. The van der Waals surface area contributed by atoms with E-state index < -0.39 is 54.7 Å². The van der Waals surface area contributed by atoms with Crippen LogP contribution in [0.3, 0.4) is 0 Å². The second kappa shape index (κ2) is 8.72. The lowest BCUT2D eigenvalue weighted by atomic mass is 9.96. The van der Waals surface area contributed by atoms with Gasteiger partial charge in [0, 0.05) is 6.92 Å². The van der Waals surface area contributed by atoms with Crippen LogP contribution in [-0.4, -0.2) is 76.7 Å². The summed E-state index contributed by atoms with van der Waals surface area (Å²) in [7, 11) is 0. The number of ether oxygens (including phenoxy) is 3. The standard InChI is InChI=1S/C15H27NO8/c1-8(18)16-11-13(12(20)9(7-17)23-14(11)21)22-6-5-10(19)24-15(2,3)4/h9,11-14,17,20-21H,5-7H2,1-4H3,(H,16,18)/t9-,11-,12+,13-,14+/m0/s1. The first kappa shape index (κ1) is 20.8. The van der Waals surface area contributed by atoms with Crippen molar-refractivity contribution in [2.24, 2.45) is 0 Å². The molecule has 4 N–H and O–H groups in total. The first-order chi connectivity index (χ1) is 11.0. The normalized spacial score (nSPS) is 30.7. The van der Waals surface area contributed by atoms with Crippen molar-refractivity contribution in [1.29, 1.82) is 0 Å². The van der Waals surface area contributed by atoms with Crippen molar-refractivity contribution < 1.29 is 39.1 Å². The van der Waals surface area contributed by atoms with Gasteiger partial charge in [-0.2, -0.15) is 0 Å². The van der Waals surface area contributed by atoms with Crippen LogP contribution in [0.4, 0.5) is 0 Å². The second-order valence-electron chi connectivity index (χ2n) is 6.64. The van der Waals surface area contributed by atoms with Gasteiger partial charge in [0.05, 0.1) is 19.6 Å². The van der Waals surface area contributed by atoms with E-state index in [-0.39, 0.29) is 13.0 Å². The Labute approximate surface area is 140 Å². The fourth-order valence-electron chi connectivity index (χ4n) is 2.34. The first-order valence-corrected chi connectivity index (χ1v) is 7.78. The third-order valence-electron chi connectivity index (χ3n) is 3.28. The van der Waals surface area contributed by atoms with Crippen molar-refractivity contribution >= 4 is 11.9 Å². The molecular weight excluding hydrogens is 322 g/mol. The lowest BCUT2D eigenvalue weighted by molar-refractivity contribution is -0.262. The van der Waals surface area contributed by atoms with Crippen molar-refractivity contribution in [3.63, 3.8) is 0 Å². The van der Waals surface area contributed by atoms with Gasteiger partial charge in [-0.1, -0.05) is 0 Å². The summed E-state index contributed by atoms with van der Waals surface area (Å²) in [5.41, 5.74) is -0.619. The molecule has 0 unspecified atom stereocenters. The third kappa shape index (κ3) is 6.33. The number of nitrogens with one attached hydrogen (secondary N) is 1. The Morgan fingerprint density at radius 2 is 1.88 bits per heavy atom. The fraction of sp³-hybridized carbons (Fsp3) is 0.867. The monoisotopic (exact) mass is 349 g/mol. The third-order valence-corrected chi connectivity index (χ3v) is 3.28. The molecule has 0 aromatic heterocycles. The summed E-state index contributed by atoms with van der Waals surface area (Å²) in [4.78, 5) is 22.9. The highest BCUT2D eigenvalue weighted by Gasteiger charge is 2.45. The molecule has 1 heterocycles. The van der Waals surface area contributed by atoms with E-state index in [1.807, 2.05) is 0 Å². The average Bonchev–Trinajstić information content (AvgIpc) is 2.43. The topological polar surface area (TPSA) is 135 Å². The summed E-state index contributed by atoms with van der Waals surface area (Å²) < 4.78 is 15.7. The number of amides is 1. The van der Waals surface area contributed by atoms with E-state index in [1.165, 1.54) is 6.92 Å². The lowest BCUT2D eigenvalue weighted by Gasteiger charge is -2.42. The predicted molar refractivity (Wildman–Crippen MR) is 81.8 cm³/mol. The van der Waals surface area contributed by atoms with Gasteiger partial charge in [-0.05, 0) is 20.8 Å². The van der Waals surface area contributed by atoms with Crippen molar-refractivity contribution in [1.82, 2.24) is 5.32 Å². The molecule has 0 radical (unpaired) electrons. The number of rotatable bonds is 6. The largest absolute Gasteiger partial charge is 0.460 e. The molecule has 1 saturated heterocycles. The molecule has 1 aliphatic heterocycles. The molecule has 9 heteroatoms. The van der Waals surface area contributed by atoms with E-state index in [2.05, 4.69) is 5.32 Å². The van der Waals surface area contributed by atoms with Crippen LogP contribution in [0, 0.1) is 0 Å². The highest BCUT2D eigenvalue weighted by Crippen LogP contribution is 2.23. The van der Waals surface area contributed by atoms with Crippen molar-refractivity contribution in [3.8, 4) is 0 Å². The second-order valence-corrected chi connectivity index (χ2v) is 6.64. The summed E-state index contributed by atoms with van der Waals surface area (Å²) >= 11 is 0. The van der Waals surface area contributed by atoms with Crippen LogP contribution in [0.25, 0.3) is 0 Å². The van der Waals surface area contributed by atoms with Crippen LogP contribution < -0.4 is 5.32 Å². The molecule has 24 heavy (non-hydrogen) atoms. The van der Waals surface area contributed by atoms with Crippen LogP contribution in [0.2, 0.25) is 0 Å². The molecule has 5 atom stereocenters. The zero-order valence-corrected chi connectivity index (χ0v) is 14.4. The van der Waals surface area contributed by atoms with E-state index in [1.54, 1.807) is 20.8 Å². The summed E-state index contributed by atoms with van der Waals surface area (Å²) in [5.74, 6) is -0.919. The van der Waals surface area contributed by atoms with Crippen LogP contribution in [0.5, 0.6) is 0 Å². The molecule has 1 fully saturated rings. The van der Waals surface area contributed by atoms with Crippen LogP contribution in [0.15, 0.2) is 0 Å². The van der Waals surface area contributed by atoms with Gasteiger partial charge >= 0.3 is 5.97 Å². The molecule has 1 aliphatic rings. The molecule has 0 bridgehead atoms. The Morgan fingerprint density at radius 1 is 1.25 bits per heavy atom. The van der Waals surface area contributed by atoms with Gasteiger partial charge < -0.3 is 34.8 Å². The molecule has 1 amide bonds. The van der Waals surface area contributed by atoms with E-state index >= 15 is 0 Å². The van der Waals surface area contributed by atoms with Crippen LogP contribution in [-0.2, 0) is 23.8 Å². The van der Waals surface area contributed by atoms with Gasteiger partial charge in [0.2, 0.25) is 5.91 Å². The Morgan fingerprint density at radius 3 is 2.38 bits per heavy atom. The molecule has 140 valence electrons. The van der Waals surface area contributed by atoms with Crippen LogP contribution in [0.1, 0.15) is 34.1 Å². The fourth-order valence-corrected chi connectivity index (χ4v) is 2.34. The molecule has 0 aromatic carbocycles. The lowest BCUT2D eigenvalue weighted by Crippen LogP contribution is -2.64. The van der Waals surface area contributed by atoms with E-state index in [4.69, 9.17) is 14.2 Å². The number of hydrogen-bond acceptors (Lipinski definition) is 8. The minimum atomic E-state index is -1.46. The SMILES string of the molecule is CC(=O)N[C@H]1[C@H](OCCC(=O)OC(C)(C)C)[C@H](O)[C@H](CO)O[C@H]1O. The number of carbonyl (C=O) groups is 2. The van der Waals surface area contributed by atoms with E-state index in [0.29, 0.717) is 0 Å². The molecule has 0 aliphatic carbocycles. The van der Waals surface area contributed by atoms with E-state index in [9.17, 15) is 24.9 Å². The Bertz CT molecular complexity index is 436. The average molecular weight is 349 g/mol. The van der Waals surface area contributed by atoms with Gasteiger partial charge in [-0.3, -0.25) is 9.59 Å². The highest BCUT2D eigenvalue weighted by atomic mass is 16.6. The molecule has 9 nitrogen and oxygen atoms in total. The molecule has 0 aromatic rings. The number of esters is 1. The summed E-state index contributed by atoms with van der Waals surface area (Å²) in [6.07, 6.45) is -4.91. The molecule has 1 rings (SSSR count). The van der Waals surface area contributed by atoms with Gasteiger partial charge in [-0.15, -0.1) is 0 Å². The molecule has 0 saturated carbocycles. The zero-order valence-electron chi connectivity index (χ0n) is 14.4. The number of carbonyl (C=O) groups excluding carboxylic acids is 2. The predicted octanol–water partition coefficient (Wildman–Crippen LogP) is -1.32. The summed E-state index contributed by atoms with van der Waals surface area (Å²) in [5, 5.41) is 31.8. The number of aliphatic hydroxyl groups is 3. The van der Waals surface area contributed by atoms with Gasteiger partial charge in [0.25, 0.3) is 0 Å². The highest BCUT2D eigenvalue weighted by molar-refractivity contribution is 5.73. The minimum absolute atomic E-state index is 0.0615. The maximum atomic E-state index is 11.7. The Balaban J connectivity index is 2.67. The van der Waals surface area contributed by atoms with Crippen LogP contribution >= 0.6 is 0 Å².